The summed E-state index contributed by atoms with van der Waals surface area (Å²) in [5, 5.41) is 3.10. The molecule has 0 saturated carbocycles. The summed E-state index contributed by atoms with van der Waals surface area (Å²) in [7, 11) is 2.09. The molecule has 5 nitrogen and oxygen atoms in total. The van der Waals surface area contributed by atoms with Gasteiger partial charge in [0, 0.05) is 32.2 Å². The van der Waals surface area contributed by atoms with Crippen LogP contribution < -0.4 is 10.2 Å². The fourth-order valence-electron chi connectivity index (χ4n) is 2.14. The number of anilines is 2. The summed E-state index contributed by atoms with van der Waals surface area (Å²) in [5.41, 5.74) is 0. The van der Waals surface area contributed by atoms with E-state index in [4.69, 9.17) is 0 Å². The number of aromatic nitrogens is 2. The first-order valence-corrected chi connectivity index (χ1v) is 6.83. The summed E-state index contributed by atoms with van der Waals surface area (Å²) >= 11 is 0. The number of nitrogens with one attached hydrogen (secondary N) is 1. The first kappa shape index (κ1) is 14.0. The van der Waals surface area contributed by atoms with Crippen molar-refractivity contribution in [1.29, 1.82) is 0 Å². The van der Waals surface area contributed by atoms with Crippen LogP contribution >= 0.6 is 0 Å². The molecule has 0 bridgehead atoms. The van der Waals surface area contributed by atoms with Crippen molar-refractivity contribution >= 4 is 11.8 Å². The van der Waals surface area contributed by atoms with Gasteiger partial charge in [0.25, 0.3) is 0 Å². The van der Waals surface area contributed by atoms with Crippen LogP contribution in [0.3, 0.4) is 0 Å². The molecule has 1 fully saturated rings. The highest BCUT2D eigenvalue weighted by molar-refractivity contribution is 5.44. The highest BCUT2D eigenvalue weighted by atomic mass is 19.1. The van der Waals surface area contributed by atoms with Gasteiger partial charge in [0.2, 0.25) is 5.95 Å². The lowest BCUT2D eigenvalue weighted by Gasteiger charge is -2.38. The molecule has 1 aromatic heterocycles. The minimum atomic E-state index is -0.348. The van der Waals surface area contributed by atoms with E-state index < -0.39 is 0 Å². The van der Waals surface area contributed by atoms with Crippen LogP contribution in [0.5, 0.6) is 0 Å². The zero-order valence-electron chi connectivity index (χ0n) is 11.9. The smallest absolute Gasteiger partial charge is 0.224 e. The molecule has 6 heteroatoms. The third-order valence-corrected chi connectivity index (χ3v) is 3.52. The first-order chi connectivity index (χ1) is 9.11. The number of hydrogen-bond donors (Lipinski definition) is 1. The average Bonchev–Trinajstić information content (AvgIpc) is 2.41. The Labute approximate surface area is 113 Å². The fourth-order valence-corrected chi connectivity index (χ4v) is 2.14. The van der Waals surface area contributed by atoms with Crippen molar-refractivity contribution in [2.45, 2.75) is 26.3 Å². The predicted molar refractivity (Wildman–Crippen MR) is 75.1 cm³/mol. The Bertz CT molecular complexity index is 425. The second-order valence-corrected chi connectivity index (χ2v) is 5.07. The van der Waals surface area contributed by atoms with Gasteiger partial charge in [-0.3, -0.25) is 0 Å². The number of hydrogen-bond acceptors (Lipinski definition) is 5. The third kappa shape index (κ3) is 3.32. The van der Waals surface area contributed by atoms with Gasteiger partial charge < -0.3 is 15.1 Å². The van der Waals surface area contributed by atoms with E-state index in [9.17, 15) is 4.39 Å². The molecule has 19 heavy (non-hydrogen) atoms. The zero-order valence-corrected chi connectivity index (χ0v) is 11.9. The van der Waals surface area contributed by atoms with Gasteiger partial charge in [-0.25, -0.2) is 9.37 Å². The molecule has 1 aliphatic rings. The van der Waals surface area contributed by atoms with Crippen molar-refractivity contribution < 1.29 is 4.39 Å². The maximum atomic E-state index is 13.9. The molecule has 1 saturated heterocycles. The van der Waals surface area contributed by atoms with Gasteiger partial charge in [-0.15, -0.1) is 0 Å². The monoisotopic (exact) mass is 267 g/mol. The summed E-state index contributed by atoms with van der Waals surface area (Å²) in [6, 6.07) is 0.398. The van der Waals surface area contributed by atoms with E-state index in [2.05, 4.69) is 41.1 Å². The van der Waals surface area contributed by atoms with Gasteiger partial charge in [-0.1, -0.05) is 6.92 Å². The van der Waals surface area contributed by atoms with Crippen LogP contribution in [0, 0.1) is 5.82 Å². The summed E-state index contributed by atoms with van der Waals surface area (Å²) in [5.74, 6) is 0.567. The van der Waals surface area contributed by atoms with Crippen molar-refractivity contribution in [3.05, 3.63) is 12.0 Å². The Morgan fingerprint density at radius 1 is 1.47 bits per heavy atom. The summed E-state index contributed by atoms with van der Waals surface area (Å²) in [4.78, 5) is 12.5. The van der Waals surface area contributed by atoms with E-state index in [1.807, 2.05) is 4.90 Å². The van der Waals surface area contributed by atoms with Crippen LogP contribution in [0.15, 0.2) is 6.20 Å². The van der Waals surface area contributed by atoms with Crippen LogP contribution in [0.4, 0.5) is 16.2 Å². The second-order valence-electron chi connectivity index (χ2n) is 5.07. The molecule has 2 rings (SSSR count). The Morgan fingerprint density at radius 2 is 2.26 bits per heavy atom. The fraction of sp³-hybridized carbons (Fsp3) is 0.692. The Morgan fingerprint density at radius 3 is 2.95 bits per heavy atom. The van der Waals surface area contributed by atoms with Gasteiger partial charge >= 0.3 is 0 Å². The predicted octanol–water partition coefficient (Wildman–Crippen LogP) is 1.58. The van der Waals surface area contributed by atoms with Gasteiger partial charge in [0.15, 0.2) is 11.6 Å². The normalized spacial score (nSPS) is 20.6. The molecule has 0 aromatic carbocycles. The molecule has 2 heterocycles. The quantitative estimate of drug-likeness (QED) is 0.897. The number of likely N-dealkylation sites (N-methyl/N-ethyl adjacent to an activating group) is 1. The lowest BCUT2D eigenvalue weighted by molar-refractivity contribution is 0.232. The molecule has 1 atom stereocenters. The maximum absolute atomic E-state index is 13.9. The molecule has 0 aliphatic carbocycles. The van der Waals surface area contributed by atoms with Crippen LogP contribution in [0.1, 0.15) is 20.3 Å². The molecule has 1 aromatic rings. The second kappa shape index (κ2) is 6.14. The van der Waals surface area contributed by atoms with Crippen molar-refractivity contribution in [3.63, 3.8) is 0 Å². The molecular weight excluding hydrogens is 245 g/mol. The highest BCUT2D eigenvalue weighted by Gasteiger charge is 2.24. The summed E-state index contributed by atoms with van der Waals surface area (Å²) < 4.78 is 13.9. The SMILES string of the molecule is CCCNc1ncc(F)c(N2CCN(C)C(C)C2)n1. The average molecular weight is 267 g/mol. The van der Waals surface area contributed by atoms with E-state index in [-0.39, 0.29) is 5.82 Å². The largest absolute Gasteiger partial charge is 0.354 e. The molecule has 0 spiro atoms. The lowest BCUT2D eigenvalue weighted by Crippen LogP contribution is -2.50. The van der Waals surface area contributed by atoms with Gasteiger partial charge in [0.1, 0.15) is 0 Å². The summed E-state index contributed by atoms with van der Waals surface area (Å²) in [6.07, 6.45) is 2.24. The van der Waals surface area contributed by atoms with Crippen LogP contribution in [-0.4, -0.2) is 54.1 Å². The minimum Gasteiger partial charge on any atom is -0.354 e. The van der Waals surface area contributed by atoms with E-state index in [0.717, 1.165) is 32.6 Å². The first-order valence-electron chi connectivity index (χ1n) is 6.83. The standard InChI is InChI=1S/C13H22FN5/c1-4-5-15-13-16-8-11(14)12(17-13)19-7-6-18(3)10(2)9-19/h8,10H,4-7,9H2,1-3H3,(H,15,16,17). The molecule has 106 valence electrons. The van der Waals surface area contributed by atoms with Gasteiger partial charge in [0.05, 0.1) is 6.20 Å². The van der Waals surface area contributed by atoms with Crippen molar-refractivity contribution in [2.75, 3.05) is 43.4 Å². The van der Waals surface area contributed by atoms with Crippen LogP contribution in [0.25, 0.3) is 0 Å². The van der Waals surface area contributed by atoms with Crippen LogP contribution in [0.2, 0.25) is 0 Å². The van der Waals surface area contributed by atoms with Crippen LogP contribution in [-0.2, 0) is 0 Å². The molecule has 1 aliphatic heterocycles. The van der Waals surface area contributed by atoms with Crippen molar-refractivity contribution in [3.8, 4) is 0 Å². The number of rotatable bonds is 4. The number of nitrogens with zero attached hydrogens (tertiary/aromatic N) is 4. The summed E-state index contributed by atoms with van der Waals surface area (Å²) in [6.45, 7) is 7.51. The maximum Gasteiger partial charge on any atom is 0.224 e. The third-order valence-electron chi connectivity index (χ3n) is 3.52. The molecular formula is C13H22FN5. The van der Waals surface area contributed by atoms with Crippen molar-refractivity contribution in [2.24, 2.45) is 0 Å². The topological polar surface area (TPSA) is 44.3 Å². The Balaban J connectivity index is 2.14. The highest BCUT2D eigenvalue weighted by Crippen LogP contribution is 2.20. The molecule has 0 amide bonds. The van der Waals surface area contributed by atoms with E-state index in [1.165, 1.54) is 6.20 Å². The van der Waals surface area contributed by atoms with E-state index in [0.29, 0.717) is 17.8 Å². The minimum absolute atomic E-state index is 0.348. The Hall–Kier alpha value is -1.43. The number of piperazine rings is 1. The van der Waals surface area contributed by atoms with E-state index in [1.54, 1.807) is 0 Å². The zero-order chi connectivity index (χ0) is 13.8. The van der Waals surface area contributed by atoms with Gasteiger partial charge in [-0.2, -0.15) is 4.98 Å². The lowest BCUT2D eigenvalue weighted by atomic mass is 10.2. The number of halogens is 1. The van der Waals surface area contributed by atoms with Crippen molar-refractivity contribution in [1.82, 2.24) is 14.9 Å². The molecule has 1 unspecified atom stereocenters. The molecule has 0 radical (unpaired) electrons. The Kier molecular flexibility index (Phi) is 4.52. The van der Waals surface area contributed by atoms with E-state index >= 15 is 0 Å². The van der Waals surface area contributed by atoms with Gasteiger partial charge in [-0.05, 0) is 20.4 Å². The molecule has 1 N–H and O–H groups in total.